The SMILES string of the molecule is CCN[C@H](C)CNC(=O)c1cc(S(N)(=O)=O)c(C)o1.Cl. The van der Waals surface area contributed by atoms with Gasteiger partial charge in [-0.05, 0) is 20.4 Å². The highest BCUT2D eigenvalue weighted by atomic mass is 35.5. The lowest BCUT2D eigenvalue weighted by molar-refractivity contribution is 0.0921. The predicted octanol–water partition coefficient (Wildman–Crippen LogP) is 0.385. The van der Waals surface area contributed by atoms with Crippen LogP contribution in [0.5, 0.6) is 0 Å². The summed E-state index contributed by atoms with van der Waals surface area (Å²) < 4.78 is 27.5. The number of amides is 1. The zero-order valence-corrected chi connectivity index (χ0v) is 13.2. The van der Waals surface area contributed by atoms with Crippen molar-refractivity contribution in [3.63, 3.8) is 0 Å². The Morgan fingerprint density at radius 2 is 2.10 bits per heavy atom. The third-order valence-electron chi connectivity index (χ3n) is 2.52. The molecule has 0 fully saturated rings. The number of aryl methyl sites for hydroxylation is 1. The lowest BCUT2D eigenvalue weighted by Gasteiger charge is -2.12. The second-order valence-electron chi connectivity index (χ2n) is 4.24. The van der Waals surface area contributed by atoms with E-state index in [1.807, 2.05) is 13.8 Å². The summed E-state index contributed by atoms with van der Waals surface area (Å²) in [6, 6.07) is 1.25. The lowest BCUT2D eigenvalue weighted by Crippen LogP contribution is -2.38. The maximum absolute atomic E-state index is 11.8. The maximum Gasteiger partial charge on any atom is 0.287 e. The van der Waals surface area contributed by atoms with E-state index >= 15 is 0 Å². The molecule has 0 aliphatic heterocycles. The van der Waals surface area contributed by atoms with Gasteiger partial charge in [-0.25, -0.2) is 13.6 Å². The Morgan fingerprint density at radius 3 is 2.55 bits per heavy atom. The van der Waals surface area contributed by atoms with Crippen molar-refractivity contribution in [1.82, 2.24) is 10.6 Å². The van der Waals surface area contributed by atoms with Gasteiger partial charge in [-0.15, -0.1) is 12.4 Å². The highest BCUT2D eigenvalue weighted by Gasteiger charge is 2.21. The number of hydrogen-bond acceptors (Lipinski definition) is 5. The molecule has 9 heteroatoms. The van der Waals surface area contributed by atoms with Gasteiger partial charge in [-0.1, -0.05) is 6.92 Å². The topological polar surface area (TPSA) is 114 Å². The van der Waals surface area contributed by atoms with Gasteiger partial charge in [0, 0.05) is 18.7 Å². The average Bonchev–Trinajstić information content (AvgIpc) is 2.68. The number of nitrogens with two attached hydrogens (primary N) is 1. The van der Waals surface area contributed by atoms with E-state index in [0.717, 1.165) is 12.6 Å². The minimum atomic E-state index is -3.87. The lowest BCUT2D eigenvalue weighted by atomic mass is 10.3. The number of carbonyl (C=O) groups is 1. The Bertz CT molecular complexity index is 556. The number of halogens is 1. The summed E-state index contributed by atoms with van der Waals surface area (Å²) in [5.41, 5.74) is 0. The van der Waals surface area contributed by atoms with Gasteiger partial charge in [-0.2, -0.15) is 0 Å². The summed E-state index contributed by atoms with van der Waals surface area (Å²) in [7, 11) is -3.87. The normalized spacial score (nSPS) is 12.6. The molecule has 1 atom stereocenters. The molecule has 0 saturated heterocycles. The van der Waals surface area contributed by atoms with Crippen LogP contribution in [-0.4, -0.2) is 33.5 Å². The fourth-order valence-electron chi connectivity index (χ4n) is 1.61. The molecule has 1 amide bonds. The van der Waals surface area contributed by atoms with Crippen molar-refractivity contribution < 1.29 is 17.6 Å². The number of rotatable bonds is 6. The van der Waals surface area contributed by atoms with E-state index in [1.165, 1.54) is 6.92 Å². The Morgan fingerprint density at radius 1 is 1.50 bits per heavy atom. The highest BCUT2D eigenvalue weighted by Crippen LogP contribution is 2.18. The van der Waals surface area contributed by atoms with Gasteiger partial charge in [0.15, 0.2) is 5.76 Å². The van der Waals surface area contributed by atoms with Crippen molar-refractivity contribution in [2.45, 2.75) is 31.7 Å². The van der Waals surface area contributed by atoms with Crippen LogP contribution >= 0.6 is 12.4 Å². The van der Waals surface area contributed by atoms with E-state index in [2.05, 4.69) is 10.6 Å². The molecule has 0 spiro atoms. The van der Waals surface area contributed by atoms with Crippen LogP contribution in [0.15, 0.2) is 15.4 Å². The first-order valence-corrected chi connectivity index (χ1v) is 7.45. The summed E-state index contributed by atoms with van der Waals surface area (Å²) >= 11 is 0. The minimum Gasteiger partial charge on any atom is -0.455 e. The van der Waals surface area contributed by atoms with Crippen molar-refractivity contribution in [3.05, 3.63) is 17.6 Å². The fourth-order valence-corrected chi connectivity index (χ4v) is 2.33. The average molecular weight is 326 g/mol. The van der Waals surface area contributed by atoms with Crippen LogP contribution in [0.25, 0.3) is 0 Å². The van der Waals surface area contributed by atoms with Crippen LogP contribution in [0.2, 0.25) is 0 Å². The summed E-state index contributed by atoms with van der Waals surface area (Å²) in [5, 5.41) is 10.8. The number of furan rings is 1. The third-order valence-corrected chi connectivity index (χ3v) is 3.54. The van der Waals surface area contributed by atoms with E-state index in [0.29, 0.717) is 6.54 Å². The van der Waals surface area contributed by atoms with Crippen LogP contribution in [0.4, 0.5) is 0 Å². The molecule has 0 radical (unpaired) electrons. The Labute approximate surface area is 124 Å². The van der Waals surface area contributed by atoms with Crippen molar-refractivity contribution in [2.24, 2.45) is 5.14 Å². The van der Waals surface area contributed by atoms with Gasteiger partial charge < -0.3 is 15.1 Å². The molecular weight excluding hydrogens is 306 g/mol. The summed E-state index contributed by atoms with van der Waals surface area (Å²) in [6.45, 7) is 6.54. The number of carbonyl (C=O) groups excluding carboxylic acids is 1. The molecule has 0 saturated carbocycles. The van der Waals surface area contributed by atoms with Crippen molar-refractivity contribution in [3.8, 4) is 0 Å². The number of nitrogens with one attached hydrogen (secondary N) is 2. The quantitative estimate of drug-likeness (QED) is 0.699. The van der Waals surface area contributed by atoms with Crippen molar-refractivity contribution >= 4 is 28.3 Å². The van der Waals surface area contributed by atoms with Crippen LogP contribution in [-0.2, 0) is 10.0 Å². The monoisotopic (exact) mass is 325 g/mol. The Balaban J connectivity index is 0.00000361. The van der Waals surface area contributed by atoms with Crippen molar-refractivity contribution in [1.29, 1.82) is 0 Å². The van der Waals surface area contributed by atoms with Crippen LogP contribution in [0.3, 0.4) is 0 Å². The summed E-state index contributed by atoms with van der Waals surface area (Å²) in [5.74, 6) is -0.430. The van der Waals surface area contributed by atoms with E-state index in [9.17, 15) is 13.2 Å². The fraction of sp³-hybridized carbons (Fsp3) is 0.545. The van der Waals surface area contributed by atoms with E-state index in [1.54, 1.807) is 0 Å². The van der Waals surface area contributed by atoms with Gasteiger partial charge in [0.25, 0.3) is 5.91 Å². The molecular formula is C11H20ClN3O4S. The molecule has 0 aliphatic carbocycles. The first-order chi connectivity index (χ1) is 8.75. The number of likely N-dealkylation sites (N-methyl/N-ethyl adjacent to an activating group) is 1. The first kappa shape index (κ1) is 18.9. The molecule has 0 aromatic carbocycles. The first-order valence-electron chi connectivity index (χ1n) is 5.90. The molecule has 1 rings (SSSR count). The largest absolute Gasteiger partial charge is 0.455 e. The zero-order chi connectivity index (χ0) is 14.6. The van der Waals surface area contributed by atoms with Crippen molar-refractivity contribution in [2.75, 3.05) is 13.1 Å². The smallest absolute Gasteiger partial charge is 0.287 e. The molecule has 1 aromatic heterocycles. The molecule has 7 nitrogen and oxygen atoms in total. The molecule has 0 aliphatic rings. The second-order valence-corrected chi connectivity index (χ2v) is 5.77. The van der Waals surface area contributed by atoms with Gasteiger partial charge >= 0.3 is 0 Å². The maximum atomic E-state index is 11.8. The van der Waals surface area contributed by atoms with E-state index < -0.39 is 15.9 Å². The number of hydrogen-bond donors (Lipinski definition) is 3. The Kier molecular flexibility index (Phi) is 7.21. The Hall–Kier alpha value is -1.09. The highest BCUT2D eigenvalue weighted by molar-refractivity contribution is 7.89. The summed E-state index contributed by atoms with van der Waals surface area (Å²) in [4.78, 5) is 11.6. The van der Waals surface area contributed by atoms with E-state index in [4.69, 9.17) is 9.56 Å². The number of primary sulfonamides is 1. The van der Waals surface area contributed by atoms with E-state index in [-0.39, 0.29) is 34.9 Å². The molecule has 1 heterocycles. The molecule has 0 unspecified atom stereocenters. The third kappa shape index (κ3) is 5.12. The van der Waals surface area contributed by atoms with Gasteiger partial charge in [0.2, 0.25) is 10.0 Å². The predicted molar refractivity (Wildman–Crippen MR) is 77.5 cm³/mol. The van der Waals surface area contributed by atoms with Gasteiger partial charge in [-0.3, -0.25) is 4.79 Å². The molecule has 116 valence electrons. The summed E-state index contributed by atoms with van der Waals surface area (Å²) in [6.07, 6.45) is 0. The molecule has 20 heavy (non-hydrogen) atoms. The second kappa shape index (κ2) is 7.63. The zero-order valence-electron chi connectivity index (χ0n) is 11.6. The standard InChI is InChI=1S/C11H19N3O4S.ClH/c1-4-13-7(2)6-14-11(15)9-5-10(8(3)18-9)19(12,16)17;/h5,7,13H,4,6H2,1-3H3,(H,14,15)(H2,12,16,17);1H/t7-;/m1./s1. The number of sulfonamides is 1. The van der Waals surface area contributed by atoms with Crippen LogP contribution < -0.4 is 15.8 Å². The minimum absolute atomic E-state index is 0. The van der Waals surface area contributed by atoms with Crippen LogP contribution in [0.1, 0.15) is 30.2 Å². The molecule has 1 aromatic rings. The molecule has 4 N–H and O–H groups in total. The molecule has 0 bridgehead atoms. The van der Waals surface area contributed by atoms with Crippen LogP contribution in [0, 0.1) is 6.92 Å². The van der Waals surface area contributed by atoms with Gasteiger partial charge in [0.05, 0.1) is 0 Å². The van der Waals surface area contributed by atoms with Gasteiger partial charge in [0.1, 0.15) is 10.7 Å².